The van der Waals surface area contributed by atoms with Gasteiger partial charge >= 0.3 is 0 Å². The second-order valence-corrected chi connectivity index (χ2v) is 10.6. The van der Waals surface area contributed by atoms with Crippen molar-refractivity contribution < 1.29 is 27.5 Å². The van der Waals surface area contributed by atoms with Gasteiger partial charge in [0.25, 0.3) is 5.91 Å². The quantitative estimate of drug-likeness (QED) is 0.284. The van der Waals surface area contributed by atoms with Crippen molar-refractivity contribution >= 4 is 73.9 Å². The van der Waals surface area contributed by atoms with Crippen LogP contribution >= 0.6 is 50.7 Å². The molecule has 2 unspecified atom stereocenters. The van der Waals surface area contributed by atoms with Gasteiger partial charge in [-0.25, -0.2) is 13.2 Å². The van der Waals surface area contributed by atoms with Crippen LogP contribution in [-0.2, 0) is 4.79 Å². The first-order valence-electron chi connectivity index (χ1n) is 10.2. The van der Waals surface area contributed by atoms with Crippen LogP contribution in [0.25, 0.3) is 0 Å². The molecule has 12 heteroatoms. The van der Waals surface area contributed by atoms with Gasteiger partial charge in [-0.2, -0.15) is 0 Å². The number of hydrogen-bond donors (Lipinski definition) is 2. The summed E-state index contributed by atoms with van der Waals surface area (Å²) in [7, 11) is 1.37. The maximum Gasteiger partial charge on any atom is 0.257 e. The predicted octanol–water partition coefficient (Wildman–Crippen LogP) is 7.31. The van der Waals surface area contributed by atoms with Crippen molar-refractivity contribution in [1.82, 2.24) is 0 Å². The van der Waals surface area contributed by atoms with Crippen molar-refractivity contribution in [3.8, 4) is 5.75 Å². The molecule has 188 valence electrons. The first kappa shape index (κ1) is 26.6. The Morgan fingerprint density at radius 1 is 1.00 bits per heavy atom. The second-order valence-electron chi connectivity index (χ2n) is 7.91. The fourth-order valence-corrected chi connectivity index (χ4v) is 5.18. The highest BCUT2D eigenvalue weighted by molar-refractivity contribution is 9.10. The molecule has 1 aliphatic carbocycles. The van der Waals surface area contributed by atoms with Crippen molar-refractivity contribution in [1.29, 1.82) is 0 Å². The van der Waals surface area contributed by atoms with Crippen LogP contribution in [-0.4, -0.2) is 23.3 Å². The smallest absolute Gasteiger partial charge is 0.257 e. The topological polar surface area (TPSA) is 67.4 Å². The van der Waals surface area contributed by atoms with Crippen molar-refractivity contribution in [2.24, 2.45) is 5.92 Å². The van der Waals surface area contributed by atoms with E-state index in [1.807, 2.05) is 0 Å². The Hall–Kier alpha value is -2.46. The van der Waals surface area contributed by atoms with Gasteiger partial charge in [0.15, 0.2) is 0 Å². The van der Waals surface area contributed by atoms with Gasteiger partial charge in [0.2, 0.25) is 5.91 Å². The summed E-state index contributed by atoms with van der Waals surface area (Å²) in [6.07, 6.45) is 0. The summed E-state index contributed by atoms with van der Waals surface area (Å²) in [4.78, 5) is 25.6. The molecular weight excluding hydrogens is 608 g/mol. The fraction of sp³-hybridized carbons (Fsp3) is 0.167. The lowest BCUT2D eigenvalue weighted by Crippen LogP contribution is -2.18. The molecule has 1 aliphatic rings. The monoisotopic (exact) mass is 620 g/mol. The normalized spacial score (nSPS) is 17.9. The number of methoxy groups -OCH3 is 1. The van der Waals surface area contributed by atoms with E-state index in [0.717, 1.165) is 12.1 Å². The summed E-state index contributed by atoms with van der Waals surface area (Å²) in [6, 6.07) is 9.50. The Balaban J connectivity index is 1.53. The highest BCUT2D eigenvalue weighted by Crippen LogP contribution is 2.65. The van der Waals surface area contributed by atoms with E-state index in [1.54, 1.807) is 0 Å². The molecule has 2 N–H and O–H groups in total. The molecule has 1 saturated carbocycles. The van der Waals surface area contributed by atoms with Gasteiger partial charge in [-0.05, 0) is 64.0 Å². The Kier molecular flexibility index (Phi) is 7.48. The molecule has 0 radical (unpaired) electrons. The number of carbonyl (C=O) groups excluding carboxylic acids is 2. The number of halogens is 7. The third kappa shape index (κ3) is 5.16. The van der Waals surface area contributed by atoms with Gasteiger partial charge in [0.1, 0.15) is 27.5 Å². The van der Waals surface area contributed by atoms with Crippen molar-refractivity contribution in [3.05, 3.63) is 86.6 Å². The summed E-state index contributed by atoms with van der Waals surface area (Å²) < 4.78 is 45.1. The maximum atomic E-state index is 14.3. The first-order valence-corrected chi connectivity index (χ1v) is 12.1. The molecular formula is C24H15BrCl3F3N2O3. The van der Waals surface area contributed by atoms with Gasteiger partial charge in [-0.15, -0.1) is 23.2 Å². The zero-order chi connectivity index (χ0) is 26.4. The van der Waals surface area contributed by atoms with Crippen molar-refractivity contribution in [3.63, 3.8) is 0 Å². The zero-order valence-electron chi connectivity index (χ0n) is 18.1. The molecule has 5 nitrogen and oxygen atoms in total. The molecule has 2 amide bonds. The number of amides is 2. The van der Waals surface area contributed by atoms with Gasteiger partial charge in [-0.3, -0.25) is 9.59 Å². The molecule has 0 bridgehead atoms. The molecule has 0 spiro atoms. The SMILES string of the molecule is COc1cc(C2C(C(=O)Nc3ccc(Cl)c(C(=O)Nc4ccc(F)cc4F)c3)C2(Cl)Cl)cc(F)c1Br. The number of rotatable bonds is 6. The Labute approximate surface area is 227 Å². The molecule has 0 saturated heterocycles. The maximum absolute atomic E-state index is 14.3. The molecule has 0 aliphatic heterocycles. The summed E-state index contributed by atoms with van der Waals surface area (Å²) in [5.74, 6) is -5.19. The fourth-order valence-electron chi connectivity index (χ4n) is 3.76. The van der Waals surface area contributed by atoms with Gasteiger partial charge < -0.3 is 15.4 Å². The number of ether oxygens (including phenoxy) is 1. The van der Waals surface area contributed by atoms with Crippen LogP contribution in [0.3, 0.4) is 0 Å². The van der Waals surface area contributed by atoms with E-state index < -0.39 is 45.4 Å². The zero-order valence-corrected chi connectivity index (χ0v) is 22.0. The van der Waals surface area contributed by atoms with Gasteiger partial charge in [0.05, 0.1) is 33.8 Å². The Morgan fingerprint density at radius 3 is 2.39 bits per heavy atom. The summed E-state index contributed by atoms with van der Waals surface area (Å²) in [5.41, 5.74) is 0.228. The molecule has 1 fully saturated rings. The van der Waals surface area contributed by atoms with Crippen molar-refractivity contribution in [2.45, 2.75) is 10.3 Å². The van der Waals surface area contributed by atoms with Crippen LogP contribution in [0.2, 0.25) is 5.02 Å². The van der Waals surface area contributed by atoms with Crippen molar-refractivity contribution in [2.75, 3.05) is 17.7 Å². The van der Waals surface area contributed by atoms with E-state index in [-0.39, 0.29) is 32.2 Å². The lowest BCUT2D eigenvalue weighted by Gasteiger charge is -2.11. The van der Waals surface area contributed by atoms with E-state index >= 15 is 0 Å². The minimum Gasteiger partial charge on any atom is -0.495 e. The van der Waals surface area contributed by atoms with E-state index in [0.29, 0.717) is 11.6 Å². The number of hydrogen-bond acceptors (Lipinski definition) is 3. The summed E-state index contributed by atoms with van der Waals surface area (Å²) in [6.45, 7) is 0. The van der Waals surface area contributed by atoms with Crippen LogP contribution in [0.1, 0.15) is 21.8 Å². The highest BCUT2D eigenvalue weighted by Gasteiger charge is 2.67. The standard InChI is InChI=1S/C24H15BrCl3F3N2O3/c1-36-18-7-10(6-16(31)21(18)25)19-20(24(19,27)28)23(35)32-12-3-4-14(26)13(9-12)22(34)33-17-5-2-11(29)8-15(17)30/h2-9,19-20H,1H3,(H,32,35)(H,33,34). The predicted molar refractivity (Wildman–Crippen MR) is 136 cm³/mol. The number of alkyl halides is 2. The number of benzene rings is 3. The van der Waals surface area contributed by atoms with Crippen LogP contribution in [0, 0.1) is 23.4 Å². The summed E-state index contributed by atoms with van der Waals surface area (Å²) >= 11 is 21.9. The highest BCUT2D eigenvalue weighted by atomic mass is 79.9. The van der Waals surface area contributed by atoms with E-state index in [1.165, 1.54) is 37.4 Å². The number of nitrogens with one attached hydrogen (secondary N) is 2. The lowest BCUT2D eigenvalue weighted by molar-refractivity contribution is -0.117. The number of anilines is 2. The van der Waals surface area contributed by atoms with E-state index in [9.17, 15) is 22.8 Å². The number of carbonyl (C=O) groups is 2. The van der Waals surface area contributed by atoms with E-state index in [2.05, 4.69) is 26.6 Å². The van der Waals surface area contributed by atoms with Gasteiger partial charge in [-0.1, -0.05) is 11.6 Å². The molecule has 4 rings (SSSR count). The van der Waals surface area contributed by atoms with Gasteiger partial charge in [0, 0.05) is 17.7 Å². The van der Waals surface area contributed by atoms with Crippen LogP contribution in [0.15, 0.2) is 53.0 Å². The molecule has 0 aromatic heterocycles. The van der Waals surface area contributed by atoms with E-state index in [4.69, 9.17) is 39.5 Å². The second kappa shape index (κ2) is 10.1. The molecule has 3 aromatic carbocycles. The average molecular weight is 623 g/mol. The minimum absolute atomic E-state index is 0.0267. The average Bonchev–Trinajstić information content (AvgIpc) is 3.40. The lowest BCUT2D eigenvalue weighted by atomic mass is 10.1. The van der Waals surface area contributed by atoms with Crippen LogP contribution in [0.5, 0.6) is 5.75 Å². The van der Waals surface area contributed by atoms with Crippen LogP contribution < -0.4 is 15.4 Å². The molecule has 2 atom stereocenters. The minimum atomic E-state index is -1.51. The first-order chi connectivity index (χ1) is 16.9. The Morgan fingerprint density at radius 2 is 1.72 bits per heavy atom. The third-order valence-corrected chi connectivity index (χ3v) is 7.63. The third-order valence-electron chi connectivity index (χ3n) is 5.59. The van der Waals surface area contributed by atoms with Crippen LogP contribution in [0.4, 0.5) is 24.5 Å². The largest absolute Gasteiger partial charge is 0.495 e. The summed E-state index contributed by atoms with van der Waals surface area (Å²) in [5, 5.41) is 4.94. The molecule has 3 aromatic rings. The molecule has 36 heavy (non-hydrogen) atoms. The Bertz CT molecular complexity index is 1390. The molecule has 0 heterocycles.